The summed E-state index contributed by atoms with van der Waals surface area (Å²) in [4.78, 5) is 11.6. The van der Waals surface area contributed by atoms with Crippen molar-refractivity contribution < 1.29 is 9.53 Å². The van der Waals surface area contributed by atoms with E-state index in [-0.39, 0.29) is 6.09 Å². The Bertz CT molecular complexity index is 385. The summed E-state index contributed by atoms with van der Waals surface area (Å²) in [6.07, 6.45) is 1.80. The molecule has 1 heterocycles. The van der Waals surface area contributed by atoms with Gasteiger partial charge in [-0.2, -0.15) is 0 Å². The summed E-state index contributed by atoms with van der Waals surface area (Å²) in [6.45, 7) is 16.6. The van der Waals surface area contributed by atoms with Crippen LogP contribution < -0.4 is 10.6 Å². The van der Waals surface area contributed by atoms with Crippen LogP contribution in [0.25, 0.3) is 0 Å². The molecule has 4 heteroatoms. The third-order valence-corrected chi connectivity index (χ3v) is 3.21. The van der Waals surface area contributed by atoms with Gasteiger partial charge in [-0.1, -0.05) is 59.2 Å². The summed E-state index contributed by atoms with van der Waals surface area (Å²) >= 11 is 0. The number of amides is 1. The highest BCUT2D eigenvalue weighted by Gasteiger charge is 2.15. The number of nitrogens with one attached hydrogen (secondary N) is 2. The molecule has 0 bridgehead atoms. The lowest BCUT2D eigenvalue weighted by molar-refractivity contribution is 0.131. The van der Waals surface area contributed by atoms with Gasteiger partial charge < -0.3 is 10.1 Å². The Balaban J connectivity index is 0. The van der Waals surface area contributed by atoms with Crippen molar-refractivity contribution >= 4 is 11.8 Å². The molecular weight excluding hydrogens is 300 g/mol. The molecule has 1 fully saturated rings. The van der Waals surface area contributed by atoms with Crippen LogP contribution in [0.3, 0.4) is 0 Å². The molecular formula is C20H38N2O2. The summed E-state index contributed by atoms with van der Waals surface area (Å²) in [5.74, 6) is 0.495. The number of carbonyl (C=O) groups is 1. The van der Waals surface area contributed by atoms with Crippen molar-refractivity contribution in [3.8, 4) is 0 Å². The minimum atomic E-state index is -0.364. The van der Waals surface area contributed by atoms with Gasteiger partial charge in [-0.15, -0.1) is 0 Å². The zero-order valence-corrected chi connectivity index (χ0v) is 16.7. The van der Waals surface area contributed by atoms with Crippen LogP contribution in [0.5, 0.6) is 0 Å². The zero-order chi connectivity index (χ0) is 18.8. The van der Waals surface area contributed by atoms with Crippen molar-refractivity contribution in [2.24, 2.45) is 5.92 Å². The van der Waals surface area contributed by atoms with E-state index < -0.39 is 0 Å². The zero-order valence-electron chi connectivity index (χ0n) is 16.7. The van der Waals surface area contributed by atoms with Crippen molar-refractivity contribution in [2.75, 3.05) is 25.0 Å². The number of rotatable bonds is 3. The number of hydrogen-bond donors (Lipinski definition) is 2. The summed E-state index contributed by atoms with van der Waals surface area (Å²) in [7, 11) is 0. The largest absolute Gasteiger partial charge is 0.449 e. The first kappa shape index (κ1) is 24.7. The number of piperidine rings is 1. The smallest absolute Gasteiger partial charge is 0.411 e. The van der Waals surface area contributed by atoms with Crippen LogP contribution >= 0.6 is 0 Å². The van der Waals surface area contributed by atoms with Crippen LogP contribution in [-0.4, -0.2) is 25.8 Å². The molecule has 0 spiro atoms. The molecule has 0 aliphatic carbocycles. The average Bonchev–Trinajstić information content (AvgIpc) is 2.68. The van der Waals surface area contributed by atoms with E-state index in [1.54, 1.807) is 0 Å². The van der Waals surface area contributed by atoms with Crippen LogP contribution in [0, 0.1) is 12.8 Å². The quantitative estimate of drug-likeness (QED) is 0.752. The van der Waals surface area contributed by atoms with Crippen molar-refractivity contribution in [1.82, 2.24) is 5.32 Å². The van der Waals surface area contributed by atoms with E-state index in [1.807, 2.05) is 72.7 Å². The fourth-order valence-corrected chi connectivity index (χ4v) is 2.03. The molecule has 2 N–H and O–H groups in total. The van der Waals surface area contributed by atoms with Gasteiger partial charge in [0.25, 0.3) is 0 Å². The van der Waals surface area contributed by atoms with Crippen LogP contribution in [-0.2, 0) is 4.74 Å². The van der Waals surface area contributed by atoms with Crippen molar-refractivity contribution in [3.05, 3.63) is 29.8 Å². The molecule has 1 aliphatic rings. The number of ether oxygens (including phenoxy) is 1. The highest BCUT2D eigenvalue weighted by molar-refractivity contribution is 5.84. The SMILES string of the molecule is CC.CC.CC.Cc1ccc(NC(=O)OCC2CCNCC2)cc1. The Hall–Kier alpha value is -1.55. The molecule has 0 atom stereocenters. The first-order valence-electron chi connectivity index (χ1n) is 9.45. The predicted molar refractivity (Wildman–Crippen MR) is 106 cm³/mol. The summed E-state index contributed by atoms with van der Waals surface area (Å²) < 4.78 is 5.24. The molecule has 4 nitrogen and oxygen atoms in total. The molecule has 1 aliphatic heterocycles. The Morgan fingerprint density at radius 3 is 2.04 bits per heavy atom. The topological polar surface area (TPSA) is 50.4 Å². The molecule has 24 heavy (non-hydrogen) atoms. The van der Waals surface area contributed by atoms with Gasteiger partial charge in [-0.3, -0.25) is 5.32 Å². The summed E-state index contributed by atoms with van der Waals surface area (Å²) in [5.41, 5.74) is 1.94. The lowest BCUT2D eigenvalue weighted by Crippen LogP contribution is -2.31. The molecule has 1 amide bonds. The third kappa shape index (κ3) is 11.9. The van der Waals surface area contributed by atoms with Crippen molar-refractivity contribution in [2.45, 2.75) is 61.3 Å². The van der Waals surface area contributed by atoms with E-state index in [2.05, 4.69) is 10.6 Å². The molecule has 1 aromatic carbocycles. The van der Waals surface area contributed by atoms with Gasteiger partial charge in [0.05, 0.1) is 6.61 Å². The van der Waals surface area contributed by atoms with Crippen molar-refractivity contribution in [1.29, 1.82) is 0 Å². The molecule has 0 unspecified atom stereocenters. The van der Waals surface area contributed by atoms with Gasteiger partial charge in [0.15, 0.2) is 0 Å². The van der Waals surface area contributed by atoms with Crippen molar-refractivity contribution in [3.63, 3.8) is 0 Å². The number of carbonyl (C=O) groups excluding carboxylic acids is 1. The van der Waals surface area contributed by atoms with Gasteiger partial charge in [-0.25, -0.2) is 4.79 Å². The fraction of sp³-hybridized carbons (Fsp3) is 0.650. The second kappa shape index (κ2) is 17.8. The highest BCUT2D eigenvalue weighted by atomic mass is 16.5. The highest BCUT2D eigenvalue weighted by Crippen LogP contribution is 2.13. The Morgan fingerprint density at radius 2 is 1.54 bits per heavy atom. The number of aryl methyl sites for hydroxylation is 1. The lowest BCUT2D eigenvalue weighted by atomic mass is 9.99. The van der Waals surface area contributed by atoms with E-state index in [9.17, 15) is 4.79 Å². The maximum absolute atomic E-state index is 11.6. The number of hydrogen-bond acceptors (Lipinski definition) is 3. The number of benzene rings is 1. The maximum atomic E-state index is 11.6. The minimum absolute atomic E-state index is 0.364. The average molecular weight is 339 g/mol. The molecule has 1 saturated heterocycles. The van der Waals surface area contributed by atoms with Gasteiger partial charge >= 0.3 is 6.09 Å². The third-order valence-electron chi connectivity index (χ3n) is 3.21. The van der Waals surface area contributed by atoms with Crippen LogP contribution in [0.4, 0.5) is 10.5 Å². The lowest BCUT2D eigenvalue weighted by Gasteiger charge is -2.22. The Kier molecular flexibility index (Phi) is 18.3. The molecule has 140 valence electrons. The normalized spacial score (nSPS) is 13.0. The first-order valence-corrected chi connectivity index (χ1v) is 9.45. The predicted octanol–water partition coefficient (Wildman–Crippen LogP) is 5.62. The Morgan fingerprint density at radius 1 is 1.04 bits per heavy atom. The molecule has 2 rings (SSSR count). The number of anilines is 1. The van der Waals surface area contributed by atoms with Gasteiger partial charge in [0.1, 0.15) is 0 Å². The maximum Gasteiger partial charge on any atom is 0.411 e. The summed E-state index contributed by atoms with van der Waals surface area (Å²) in [6, 6.07) is 7.67. The second-order valence-corrected chi connectivity index (χ2v) is 4.78. The molecule has 0 saturated carbocycles. The van der Waals surface area contributed by atoms with E-state index in [4.69, 9.17) is 4.74 Å². The monoisotopic (exact) mass is 338 g/mol. The molecule has 0 radical (unpaired) electrons. The molecule has 0 aromatic heterocycles. The van der Waals surface area contributed by atoms with E-state index in [0.717, 1.165) is 31.6 Å². The van der Waals surface area contributed by atoms with E-state index >= 15 is 0 Å². The standard InChI is InChI=1S/C14H20N2O2.3C2H6/c1-11-2-4-13(5-3-11)16-14(17)18-10-12-6-8-15-9-7-12;3*1-2/h2-5,12,15H,6-10H2,1H3,(H,16,17);3*1-2H3. The Labute approximate surface area is 149 Å². The summed E-state index contributed by atoms with van der Waals surface area (Å²) in [5, 5.41) is 6.02. The fourth-order valence-electron chi connectivity index (χ4n) is 2.03. The molecule has 1 aromatic rings. The van der Waals surface area contributed by atoms with Gasteiger partial charge in [0.2, 0.25) is 0 Å². The van der Waals surface area contributed by atoms with Gasteiger partial charge in [0, 0.05) is 5.69 Å². The second-order valence-electron chi connectivity index (χ2n) is 4.78. The van der Waals surface area contributed by atoms with Crippen LogP contribution in [0.2, 0.25) is 0 Å². The van der Waals surface area contributed by atoms with Crippen LogP contribution in [0.15, 0.2) is 24.3 Å². The van der Waals surface area contributed by atoms with E-state index in [0.29, 0.717) is 12.5 Å². The van der Waals surface area contributed by atoms with E-state index in [1.165, 1.54) is 5.56 Å². The van der Waals surface area contributed by atoms with Gasteiger partial charge in [-0.05, 0) is 50.9 Å². The van der Waals surface area contributed by atoms with Crippen LogP contribution in [0.1, 0.15) is 59.9 Å². The first-order chi connectivity index (χ1) is 11.7. The minimum Gasteiger partial charge on any atom is -0.449 e.